The third-order valence-corrected chi connectivity index (χ3v) is 3.09. The predicted molar refractivity (Wildman–Crippen MR) is 81.8 cm³/mol. The summed E-state index contributed by atoms with van der Waals surface area (Å²) in [5.74, 6) is -0.198. The monoisotopic (exact) mass is 318 g/mol. The van der Waals surface area contributed by atoms with Gasteiger partial charge in [0.05, 0.1) is 12.3 Å². The molecule has 0 spiro atoms. The molecule has 2 amide bonds. The highest BCUT2D eigenvalue weighted by atomic mass is 16.5. The Morgan fingerprint density at radius 1 is 1.26 bits per heavy atom. The first-order chi connectivity index (χ1) is 11.1. The third-order valence-electron chi connectivity index (χ3n) is 3.09. The number of nitrogens with one attached hydrogen (secondary N) is 2. The molecule has 8 nitrogen and oxygen atoms in total. The number of carbonyl (C=O) groups excluding carboxylic acids is 1. The van der Waals surface area contributed by atoms with Crippen LogP contribution in [0.3, 0.4) is 0 Å². The average Bonchev–Trinajstić information content (AvgIpc) is 3.03. The van der Waals surface area contributed by atoms with Gasteiger partial charge in [0.1, 0.15) is 0 Å². The molecule has 2 aromatic rings. The number of benzene rings is 1. The molecular formula is C15H18N4O4. The highest BCUT2D eigenvalue weighted by Gasteiger charge is 2.16. The van der Waals surface area contributed by atoms with Crippen molar-refractivity contribution in [2.24, 2.45) is 0 Å². The molecule has 0 bridgehead atoms. The molecule has 0 saturated heterocycles. The highest BCUT2D eigenvalue weighted by molar-refractivity contribution is 5.75. The van der Waals surface area contributed by atoms with Crippen LogP contribution in [0.15, 0.2) is 34.9 Å². The number of aromatic nitrogens is 2. The van der Waals surface area contributed by atoms with Crippen LogP contribution in [0.2, 0.25) is 0 Å². The molecule has 23 heavy (non-hydrogen) atoms. The largest absolute Gasteiger partial charge is 0.481 e. The average molecular weight is 318 g/mol. The first kappa shape index (κ1) is 16.5. The van der Waals surface area contributed by atoms with Crippen molar-refractivity contribution in [2.75, 3.05) is 13.1 Å². The second kappa shape index (κ2) is 7.92. The van der Waals surface area contributed by atoms with Gasteiger partial charge in [0.2, 0.25) is 11.7 Å². The molecule has 2 rings (SSSR count). The molecule has 122 valence electrons. The minimum absolute atomic E-state index is 0.0776. The molecule has 1 atom stereocenters. The van der Waals surface area contributed by atoms with Crippen molar-refractivity contribution in [2.45, 2.75) is 19.3 Å². The minimum atomic E-state index is -0.960. The lowest BCUT2D eigenvalue weighted by atomic mass is 10.2. The number of carboxylic acids is 1. The summed E-state index contributed by atoms with van der Waals surface area (Å²) in [7, 11) is 0. The van der Waals surface area contributed by atoms with E-state index in [1.807, 2.05) is 37.3 Å². The molecule has 1 aromatic carbocycles. The third kappa shape index (κ3) is 5.10. The fourth-order valence-electron chi connectivity index (χ4n) is 1.82. The Kier molecular flexibility index (Phi) is 5.67. The summed E-state index contributed by atoms with van der Waals surface area (Å²) >= 11 is 0. The summed E-state index contributed by atoms with van der Waals surface area (Å²) in [5.41, 5.74) is 0.856. The van der Waals surface area contributed by atoms with Crippen molar-refractivity contribution in [1.29, 1.82) is 0 Å². The number of rotatable bonds is 7. The van der Waals surface area contributed by atoms with E-state index in [2.05, 4.69) is 20.8 Å². The number of aliphatic carboxylic acids is 1. The highest BCUT2D eigenvalue weighted by Crippen LogP contribution is 2.18. The van der Waals surface area contributed by atoms with Crippen LogP contribution < -0.4 is 10.6 Å². The van der Waals surface area contributed by atoms with E-state index < -0.39 is 12.0 Å². The zero-order valence-electron chi connectivity index (χ0n) is 12.7. The number of carboxylic acid groups (broad SMARTS) is 1. The Balaban J connectivity index is 1.82. The summed E-state index contributed by atoms with van der Waals surface area (Å²) in [6, 6.07) is 9.01. The van der Waals surface area contributed by atoms with E-state index in [-0.39, 0.29) is 18.9 Å². The summed E-state index contributed by atoms with van der Waals surface area (Å²) in [5, 5.41) is 17.5. The molecule has 0 saturated carbocycles. The van der Waals surface area contributed by atoms with Crippen LogP contribution in [0.25, 0.3) is 11.4 Å². The van der Waals surface area contributed by atoms with Crippen molar-refractivity contribution in [3.05, 3.63) is 36.2 Å². The van der Waals surface area contributed by atoms with Crippen molar-refractivity contribution >= 4 is 12.0 Å². The van der Waals surface area contributed by atoms with Gasteiger partial charge in [-0.25, -0.2) is 4.79 Å². The van der Waals surface area contributed by atoms with Gasteiger partial charge in [-0.15, -0.1) is 0 Å². The van der Waals surface area contributed by atoms with Gasteiger partial charge < -0.3 is 20.3 Å². The number of hydrogen-bond donors (Lipinski definition) is 3. The summed E-state index contributed by atoms with van der Waals surface area (Å²) < 4.78 is 5.22. The lowest BCUT2D eigenvalue weighted by Gasteiger charge is -2.09. The molecular weight excluding hydrogens is 300 g/mol. The summed E-state index contributed by atoms with van der Waals surface area (Å²) in [6.07, 6.45) is -0.118. The van der Waals surface area contributed by atoms with E-state index in [9.17, 15) is 9.59 Å². The first-order valence-electron chi connectivity index (χ1n) is 7.18. The maximum atomic E-state index is 11.5. The second-order valence-electron chi connectivity index (χ2n) is 5.00. The molecule has 1 heterocycles. The Labute approximate surface area is 132 Å². The van der Waals surface area contributed by atoms with Gasteiger partial charge in [-0.2, -0.15) is 4.98 Å². The van der Waals surface area contributed by atoms with Crippen molar-refractivity contribution < 1.29 is 19.2 Å². The van der Waals surface area contributed by atoms with Crippen LogP contribution in [-0.4, -0.2) is 40.3 Å². The van der Waals surface area contributed by atoms with Gasteiger partial charge in [0.25, 0.3) is 0 Å². The van der Waals surface area contributed by atoms with E-state index in [0.29, 0.717) is 18.3 Å². The molecule has 0 radical (unpaired) electrons. The normalized spacial score (nSPS) is 11.7. The zero-order valence-corrected chi connectivity index (χ0v) is 12.7. The maximum Gasteiger partial charge on any atom is 0.314 e. The van der Waals surface area contributed by atoms with Crippen LogP contribution in [0, 0.1) is 0 Å². The number of hydrogen-bond acceptors (Lipinski definition) is 5. The number of urea groups is 1. The quantitative estimate of drug-likeness (QED) is 0.714. The minimum Gasteiger partial charge on any atom is -0.481 e. The van der Waals surface area contributed by atoms with Crippen LogP contribution in [0.5, 0.6) is 0 Å². The molecule has 0 fully saturated rings. The molecule has 0 aliphatic rings. The van der Waals surface area contributed by atoms with Crippen LogP contribution >= 0.6 is 0 Å². The molecule has 0 aliphatic carbocycles. The smallest absolute Gasteiger partial charge is 0.314 e. The molecule has 1 unspecified atom stereocenters. The van der Waals surface area contributed by atoms with E-state index in [4.69, 9.17) is 9.63 Å². The predicted octanol–water partition coefficient (Wildman–Crippen LogP) is 1.61. The number of amides is 2. The van der Waals surface area contributed by atoms with Gasteiger partial charge in [0.15, 0.2) is 0 Å². The fourth-order valence-corrected chi connectivity index (χ4v) is 1.82. The van der Waals surface area contributed by atoms with Gasteiger partial charge in [0, 0.05) is 18.7 Å². The molecule has 1 aromatic heterocycles. The first-order valence-corrected chi connectivity index (χ1v) is 7.18. The Hall–Kier alpha value is -2.90. The van der Waals surface area contributed by atoms with E-state index in [0.717, 1.165) is 5.56 Å². The van der Waals surface area contributed by atoms with E-state index in [1.165, 1.54) is 0 Å². The van der Waals surface area contributed by atoms with Crippen LogP contribution in [0.4, 0.5) is 4.79 Å². The lowest BCUT2D eigenvalue weighted by Crippen LogP contribution is -2.38. The van der Waals surface area contributed by atoms with Gasteiger partial charge in [-0.1, -0.05) is 42.4 Å². The SMILES string of the molecule is CC(CNC(=O)NCCC(=O)O)c1nc(-c2ccccc2)no1. The van der Waals surface area contributed by atoms with Gasteiger partial charge >= 0.3 is 12.0 Å². The van der Waals surface area contributed by atoms with E-state index in [1.54, 1.807) is 0 Å². The molecule has 8 heteroatoms. The summed E-state index contributed by atoms with van der Waals surface area (Å²) in [6.45, 7) is 2.23. The van der Waals surface area contributed by atoms with Crippen LogP contribution in [-0.2, 0) is 4.79 Å². The topological polar surface area (TPSA) is 117 Å². The fraction of sp³-hybridized carbons (Fsp3) is 0.333. The number of nitrogens with zero attached hydrogens (tertiary/aromatic N) is 2. The molecule has 0 aliphatic heterocycles. The Bertz CT molecular complexity index is 657. The number of carbonyl (C=O) groups is 2. The van der Waals surface area contributed by atoms with E-state index >= 15 is 0 Å². The standard InChI is InChI=1S/C15H18N4O4/c1-10(9-17-15(22)16-8-7-12(20)21)14-18-13(19-23-14)11-5-3-2-4-6-11/h2-6,10H,7-9H2,1H3,(H,20,21)(H2,16,17,22). The molecule has 3 N–H and O–H groups in total. The maximum absolute atomic E-state index is 11.5. The second-order valence-corrected chi connectivity index (χ2v) is 5.00. The Morgan fingerprint density at radius 2 is 2.00 bits per heavy atom. The lowest BCUT2D eigenvalue weighted by molar-refractivity contribution is -0.136. The van der Waals surface area contributed by atoms with Crippen molar-refractivity contribution in [3.8, 4) is 11.4 Å². The van der Waals surface area contributed by atoms with Crippen molar-refractivity contribution in [3.63, 3.8) is 0 Å². The summed E-state index contributed by atoms with van der Waals surface area (Å²) in [4.78, 5) is 26.2. The van der Waals surface area contributed by atoms with Crippen LogP contribution in [0.1, 0.15) is 25.2 Å². The zero-order chi connectivity index (χ0) is 16.7. The Morgan fingerprint density at radius 3 is 2.70 bits per heavy atom. The van der Waals surface area contributed by atoms with Crippen molar-refractivity contribution in [1.82, 2.24) is 20.8 Å². The van der Waals surface area contributed by atoms with Gasteiger partial charge in [-0.3, -0.25) is 4.79 Å². The van der Waals surface area contributed by atoms with Gasteiger partial charge in [-0.05, 0) is 0 Å².